The molecule has 6 heteroatoms. The molecule has 1 aliphatic rings. The fourth-order valence-electron chi connectivity index (χ4n) is 2.89. The van der Waals surface area contributed by atoms with Crippen LogP contribution in [0.15, 0.2) is 40.9 Å². The minimum absolute atomic E-state index is 0.0606. The molecular weight excluding hydrogens is 306 g/mol. The quantitative estimate of drug-likeness (QED) is 0.841. The van der Waals surface area contributed by atoms with Crippen molar-refractivity contribution in [2.45, 2.75) is 6.42 Å². The van der Waals surface area contributed by atoms with Crippen molar-refractivity contribution in [1.82, 2.24) is 15.0 Å². The topological polar surface area (TPSA) is 58.8 Å². The molecule has 0 unspecified atom stereocenters. The van der Waals surface area contributed by atoms with E-state index in [4.69, 9.17) is 9.26 Å². The van der Waals surface area contributed by atoms with Crippen molar-refractivity contribution in [1.29, 1.82) is 0 Å². The minimum atomic E-state index is -0.0606. The summed E-state index contributed by atoms with van der Waals surface area (Å²) in [5, 5.41) is 3.97. The first-order valence-corrected chi connectivity index (χ1v) is 8.30. The van der Waals surface area contributed by atoms with Crippen LogP contribution < -0.4 is 0 Å². The predicted molar refractivity (Wildman–Crippen MR) is 90.8 cm³/mol. The summed E-state index contributed by atoms with van der Waals surface area (Å²) < 4.78 is 10.5. The van der Waals surface area contributed by atoms with Crippen molar-refractivity contribution in [2.24, 2.45) is 0 Å². The van der Waals surface area contributed by atoms with Crippen LogP contribution in [-0.2, 0) is 4.74 Å². The summed E-state index contributed by atoms with van der Waals surface area (Å²) in [4.78, 5) is 16.9. The molecule has 0 aliphatic carbocycles. The fourth-order valence-corrected chi connectivity index (χ4v) is 2.89. The molecular formula is C18H23N3O3. The van der Waals surface area contributed by atoms with Crippen LogP contribution in [0, 0.1) is 0 Å². The summed E-state index contributed by atoms with van der Waals surface area (Å²) in [5.74, 6) is 0.560. The summed E-state index contributed by atoms with van der Waals surface area (Å²) in [6, 6.07) is 11.4. The number of methoxy groups -OCH3 is 1. The zero-order valence-electron chi connectivity index (χ0n) is 14.0. The molecule has 128 valence electrons. The highest BCUT2D eigenvalue weighted by molar-refractivity contribution is 5.93. The minimum Gasteiger partial charge on any atom is -0.383 e. The molecule has 2 aromatic rings. The lowest BCUT2D eigenvalue weighted by Gasteiger charge is -2.20. The summed E-state index contributed by atoms with van der Waals surface area (Å²) in [5.41, 5.74) is 1.30. The number of nitrogens with zero attached hydrogens (tertiary/aromatic N) is 3. The number of benzene rings is 1. The van der Waals surface area contributed by atoms with Gasteiger partial charge in [0.1, 0.15) is 0 Å². The Morgan fingerprint density at radius 1 is 1.21 bits per heavy atom. The third-order valence-corrected chi connectivity index (χ3v) is 4.27. The summed E-state index contributed by atoms with van der Waals surface area (Å²) in [7, 11) is 1.71. The van der Waals surface area contributed by atoms with Crippen LogP contribution in [0.3, 0.4) is 0 Å². The maximum Gasteiger partial charge on any atom is 0.276 e. The molecule has 3 rings (SSSR count). The second-order valence-corrected chi connectivity index (χ2v) is 5.92. The monoisotopic (exact) mass is 329 g/mol. The molecule has 1 aliphatic heterocycles. The zero-order valence-corrected chi connectivity index (χ0v) is 14.0. The standard InChI is InChI=1S/C18H23N3O3/c1-23-13-12-20-8-5-9-21(11-10-20)18(22)16-14-17(24-19-16)15-6-3-2-4-7-15/h2-4,6-7,14H,5,8-13H2,1H3. The van der Waals surface area contributed by atoms with E-state index >= 15 is 0 Å². The van der Waals surface area contributed by atoms with Crippen LogP contribution in [0.2, 0.25) is 0 Å². The van der Waals surface area contributed by atoms with Gasteiger partial charge in [0.25, 0.3) is 5.91 Å². The average molecular weight is 329 g/mol. The van der Waals surface area contributed by atoms with E-state index in [1.165, 1.54) is 0 Å². The third-order valence-electron chi connectivity index (χ3n) is 4.27. The van der Waals surface area contributed by atoms with E-state index < -0.39 is 0 Å². The van der Waals surface area contributed by atoms with Gasteiger partial charge in [0.2, 0.25) is 0 Å². The number of hydrogen-bond donors (Lipinski definition) is 0. The molecule has 0 radical (unpaired) electrons. The van der Waals surface area contributed by atoms with Crippen molar-refractivity contribution < 1.29 is 14.1 Å². The van der Waals surface area contributed by atoms with E-state index in [1.54, 1.807) is 13.2 Å². The maximum absolute atomic E-state index is 12.7. The number of carbonyl (C=O) groups is 1. The van der Waals surface area contributed by atoms with Crippen molar-refractivity contribution in [3.05, 3.63) is 42.1 Å². The van der Waals surface area contributed by atoms with E-state index in [1.807, 2.05) is 35.2 Å². The number of amides is 1. The molecule has 2 heterocycles. The summed E-state index contributed by atoms with van der Waals surface area (Å²) in [6.45, 7) is 4.92. The Kier molecular flexibility index (Phi) is 5.61. The Morgan fingerprint density at radius 3 is 2.83 bits per heavy atom. The molecule has 0 atom stereocenters. The maximum atomic E-state index is 12.7. The zero-order chi connectivity index (χ0) is 16.8. The van der Waals surface area contributed by atoms with Crippen LogP contribution in [0.4, 0.5) is 0 Å². The number of ether oxygens (including phenoxy) is 1. The van der Waals surface area contributed by atoms with Gasteiger partial charge in [-0.3, -0.25) is 9.69 Å². The van der Waals surface area contributed by atoms with Gasteiger partial charge in [-0.15, -0.1) is 0 Å². The summed E-state index contributed by atoms with van der Waals surface area (Å²) in [6.07, 6.45) is 0.957. The first-order valence-electron chi connectivity index (χ1n) is 8.30. The first-order chi connectivity index (χ1) is 11.8. The van der Waals surface area contributed by atoms with Gasteiger partial charge in [0.05, 0.1) is 6.61 Å². The largest absolute Gasteiger partial charge is 0.383 e. The van der Waals surface area contributed by atoms with Gasteiger partial charge in [-0.25, -0.2) is 0 Å². The third kappa shape index (κ3) is 4.01. The van der Waals surface area contributed by atoms with E-state index in [9.17, 15) is 4.79 Å². The van der Waals surface area contributed by atoms with Gasteiger partial charge in [-0.2, -0.15) is 0 Å². The molecule has 1 fully saturated rings. The average Bonchev–Trinajstić information content (AvgIpc) is 3.00. The summed E-state index contributed by atoms with van der Waals surface area (Å²) >= 11 is 0. The Balaban J connectivity index is 1.63. The van der Waals surface area contributed by atoms with E-state index in [0.717, 1.165) is 44.8 Å². The van der Waals surface area contributed by atoms with Crippen LogP contribution in [-0.4, -0.2) is 67.3 Å². The van der Waals surface area contributed by atoms with Crippen LogP contribution in [0.1, 0.15) is 16.9 Å². The first kappa shape index (κ1) is 16.7. The lowest BCUT2D eigenvalue weighted by atomic mass is 10.1. The van der Waals surface area contributed by atoms with E-state index in [-0.39, 0.29) is 5.91 Å². The molecule has 6 nitrogen and oxygen atoms in total. The molecule has 0 saturated carbocycles. The Morgan fingerprint density at radius 2 is 2.04 bits per heavy atom. The van der Waals surface area contributed by atoms with Gasteiger partial charge >= 0.3 is 0 Å². The van der Waals surface area contributed by atoms with Crippen molar-refractivity contribution in [3.63, 3.8) is 0 Å². The number of hydrogen-bond acceptors (Lipinski definition) is 5. The number of rotatable bonds is 5. The highest BCUT2D eigenvalue weighted by Gasteiger charge is 2.23. The SMILES string of the molecule is COCCN1CCCN(C(=O)c2cc(-c3ccccc3)on2)CC1. The Hall–Kier alpha value is -2.18. The Bertz CT molecular complexity index is 657. The van der Waals surface area contributed by atoms with E-state index in [0.29, 0.717) is 18.0 Å². The molecule has 1 amide bonds. The second kappa shape index (κ2) is 8.08. The van der Waals surface area contributed by atoms with Crippen LogP contribution in [0.25, 0.3) is 11.3 Å². The lowest BCUT2D eigenvalue weighted by Crippen LogP contribution is -2.36. The van der Waals surface area contributed by atoms with Crippen LogP contribution in [0.5, 0.6) is 0 Å². The van der Waals surface area contributed by atoms with Gasteiger partial charge in [0, 0.05) is 44.9 Å². The second-order valence-electron chi connectivity index (χ2n) is 5.92. The van der Waals surface area contributed by atoms with Gasteiger partial charge in [-0.05, 0) is 13.0 Å². The van der Waals surface area contributed by atoms with Crippen molar-refractivity contribution in [2.75, 3.05) is 46.4 Å². The van der Waals surface area contributed by atoms with Crippen LogP contribution >= 0.6 is 0 Å². The van der Waals surface area contributed by atoms with Gasteiger partial charge in [-0.1, -0.05) is 35.5 Å². The van der Waals surface area contributed by atoms with Crippen molar-refractivity contribution >= 4 is 5.91 Å². The van der Waals surface area contributed by atoms with Gasteiger partial charge < -0.3 is 14.2 Å². The highest BCUT2D eigenvalue weighted by Crippen LogP contribution is 2.20. The lowest BCUT2D eigenvalue weighted by molar-refractivity contribution is 0.0749. The van der Waals surface area contributed by atoms with E-state index in [2.05, 4.69) is 10.1 Å². The van der Waals surface area contributed by atoms with Crippen molar-refractivity contribution in [3.8, 4) is 11.3 Å². The molecule has 0 spiro atoms. The smallest absolute Gasteiger partial charge is 0.276 e. The Labute approximate surface area is 142 Å². The van der Waals surface area contributed by atoms with Gasteiger partial charge in [0.15, 0.2) is 11.5 Å². The molecule has 0 bridgehead atoms. The predicted octanol–water partition coefficient (Wildman–Crippen LogP) is 2.14. The highest BCUT2D eigenvalue weighted by atomic mass is 16.5. The number of carbonyl (C=O) groups excluding carboxylic acids is 1. The molecule has 0 N–H and O–H groups in total. The number of aromatic nitrogens is 1. The molecule has 1 saturated heterocycles. The molecule has 24 heavy (non-hydrogen) atoms. The normalized spacial score (nSPS) is 16.1. The fraction of sp³-hybridized carbons (Fsp3) is 0.444. The molecule has 1 aromatic heterocycles. The molecule has 1 aromatic carbocycles.